The maximum Gasteiger partial charge on any atom is 0.431 e. The quantitative estimate of drug-likeness (QED) is 0.562. The van der Waals surface area contributed by atoms with E-state index < -0.39 is 17.8 Å². The standard InChI is InChI=1S/C10H14F3NO3/c1-2-17-9(15)7-8(10(11,12)13)14-3-5-16-6-4-14/h7H,2-6H2,1H3/b8-7+. The summed E-state index contributed by atoms with van der Waals surface area (Å²) in [6.45, 7) is 2.25. The van der Waals surface area contributed by atoms with Crippen molar-refractivity contribution in [3.05, 3.63) is 11.8 Å². The molecule has 0 N–H and O–H groups in total. The normalized spacial score (nSPS) is 18.1. The molecule has 1 rings (SSSR count). The minimum absolute atomic E-state index is 0.0452. The maximum absolute atomic E-state index is 12.7. The summed E-state index contributed by atoms with van der Waals surface area (Å²) in [5.74, 6) is -0.980. The fourth-order valence-corrected chi connectivity index (χ4v) is 1.45. The van der Waals surface area contributed by atoms with Crippen LogP contribution >= 0.6 is 0 Å². The van der Waals surface area contributed by atoms with Gasteiger partial charge in [-0.05, 0) is 6.92 Å². The molecule has 4 nitrogen and oxygen atoms in total. The predicted octanol–water partition coefficient (Wildman–Crippen LogP) is 1.33. The van der Waals surface area contributed by atoms with Crippen LogP contribution in [0.1, 0.15) is 6.92 Å². The second-order valence-electron chi connectivity index (χ2n) is 3.38. The Morgan fingerprint density at radius 2 is 2.00 bits per heavy atom. The molecule has 0 aromatic carbocycles. The summed E-state index contributed by atoms with van der Waals surface area (Å²) in [6, 6.07) is 0. The number of nitrogens with zero attached hydrogens (tertiary/aromatic N) is 1. The van der Waals surface area contributed by atoms with Crippen LogP contribution in [0.15, 0.2) is 11.8 Å². The van der Waals surface area contributed by atoms with Crippen LogP contribution in [0.5, 0.6) is 0 Å². The molecule has 0 unspecified atom stereocenters. The molecule has 1 fully saturated rings. The summed E-state index contributed by atoms with van der Waals surface area (Å²) in [4.78, 5) is 12.2. The van der Waals surface area contributed by atoms with Gasteiger partial charge in [-0.1, -0.05) is 0 Å². The zero-order valence-electron chi connectivity index (χ0n) is 9.42. The first-order valence-corrected chi connectivity index (χ1v) is 5.23. The smallest absolute Gasteiger partial charge is 0.431 e. The number of allylic oxidation sites excluding steroid dienone is 1. The molecule has 1 saturated heterocycles. The second kappa shape index (κ2) is 5.90. The molecule has 1 heterocycles. The highest BCUT2D eigenvalue weighted by Crippen LogP contribution is 2.29. The first-order valence-electron chi connectivity index (χ1n) is 5.23. The maximum atomic E-state index is 12.7. The van der Waals surface area contributed by atoms with Gasteiger partial charge in [-0.15, -0.1) is 0 Å². The SMILES string of the molecule is CCOC(=O)/C=C(/N1CCOCC1)C(F)(F)F. The number of hydrogen-bond donors (Lipinski definition) is 0. The van der Waals surface area contributed by atoms with Crippen molar-refractivity contribution in [1.29, 1.82) is 0 Å². The van der Waals surface area contributed by atoms with Crippen LogP contribution in [0.2, 0.25) is 0 Å². The number of carbonyl (C=O) groups excluding carboxylic acids is 1. The number of ether oxygens (including phenoxy) is 2. The Morgan fingerprint density at radius 1 is 1.41 bits per heavy atom. The number of rotatable bonds is 3. The Bertz CT molecular complexity index is 296. The van der Waals surface area contributed by atoms with E-state index in [0.717, 1.165) is 4.90 Å². The van der Waals surface area contributed by atoms with Crippen molar-refractivity contribution < 1.29 is 27.4 Å². The van der Waals surface area contributed by atoms with E-state index in [1.54, 1.807) is 0 Å². The fourth-order valence-electron chi connectivity index (χ4n) is 1.45. The van der Waals surface area contributed by atoms with E-state index in [4.69, 9.17) is 4.74 Å². The van der Waals surface area contributed by atoms with Gasteiger partial charge >= 0.3 is 12.1 Å². The predicted molar refractivity (Wildman–Crippen MR) is 53.2 cm³/mol. The highest BCUT2D eigenvalue weighted by molar-refractivity contribution is 5.82. The lowest BCUT2D eigenvalue weighted by Crippen LogP contribution is -2.40. The Labute approximate surface area is 97.0 Å². The molecule has 0 radical (unpaired) electrons. The van der Waals surface area contributed by atoms with Crippen molar-refractivity contribution in [3.63, 3.8) is 0 Å². The van der Waals surface area contributed by atoms with Crippen molar-refractivity contribution in [2.45, 2.75) is 13.1 Å². The lowest BCUT2D eigenvalue weighted by atomic mass is 10.3. The molecule has 0 aliphatic carbocycles. The molecule has 98 valence electrons. The van der Waals surface area contributed by atoms with Crippen molar-refractivity contribution >= 4 is 5.97 Å². The summed E-state index contributed by atoms with van der Waals surface area (Å²) in [5.41, 5.74) is -0.973. The third-order valence-electron chi connectivity index (χ3n) is 2.18. The topological polar surface area (TPSA) is 38.8 Å². The largest absolute Gasteiger partial charge is 0.463 e. The molecule has 0 bridgehead atoms. The van der Waals surface area contributed by atoms with Gasteiger partial charge in [0.2, 0.25) is 0 Å². The molecule has 0 amide bonds. The van der Waals surface area contributed by atoms with Crippen LogP contribution in [-0.2, 0) is 14.3 Å². The zero-order valence-corrected chi connectivity index (χ0v) is 9.42. The van der Waals surface area contributed by atoms with Gasteiger partial charge in [0, 0.05) is 13.1 Å². The average Bonchev–Trinajstić information content (AvgIpc) is 2.26. The molecule has 0 spiro atoms. The minimum atomic E-state index is -4.57. The Morgan fingerprint density at radius 3 is 2.47 bits per heavy atom. The molecule has 1 aliphatic heterocycles. The second-order valence-corrected chi connectivity index (χ2v) is 3.38. The molecule has 0 aromatic rings. The van der Waals surface area contributed by atoms with Crippen LogP contribution in [0.25, 0.3) is 0 Å². The van der Waals surface area contributed by atoms with Gasteiger partial charge in [-0.2, -0.15) is 13.2 Å². The number of morpholine rings is 1. The highest BCUT2D eigenvalue weighted by Gasteiger charge is 2.38. The zero-order chi connectivity index (χ0) is 12.9. The van der Waals surface area contributed by atoms with E-state index in [0.29, 0.717) is 6.08 Å². The van der Waals surface area contributed by atoms with E-state index in [2.05, 4.69) is 4.74 Å². The molecule has 17 heavy (non-hydrogen) atoms. The average molecular weight is 253 g/mol. The summed E-state index contributed by atoms with van der Waals surface area (Å²) in [7, 11) is 0. The van der Waals surface area contributed by atoms with Gasteiger partial charge < -0.3 is 14.4 Å². The monoisotopic (exact) mass is 253 g/mol. The highest BCUT2D eigenvalue weighted by atomic mass is 19.4. The minimum Gasteiger partial charge on any atom is -0.463 e. The van der Waals surface area contributed by atoms with Crippen LogP contribution in [0.4, 0.5) is 13.2 Å². The summed E-state index contributed by atoms with van der Waals surface area (Å²) >= 11 is 0. The van der Waals surface area contributed by atoms with Gasteiger partial charge in [0.05, 0.1) is 25.9 Å². The molecule has 0 atom stereocenters. The lowest BCUT2D eigenvalue weighted by Gasteiger charge is -2.31. The van der Waals surface area contributed by atoms with Gasteiger partial charge in [0.25, 0.3) is 0 Å². The number of alkyl halides is 3. The number of halogens is 3. The number of carbonyl (C=O) groups is 1. The molecule has 1 aliphatic rings. The van der Waals surface area contributed by atoms with Crippen molar-refractivity contribution in [2.24, 2.45) is 0 Å². The molecule has 7 heteroatoms. The third kappa shape index (κ3) is 4.26. The Hall–Kier alpha value is -1.24. The van der Waals surface area contributed by atoms with Crippen molar-refractivity contribution in [1.82, 2.24) is 4.90 Å². The van der Waals surface area contributed by atoms with Crippen LogP contribution in [-0.4, -0.2) is 50.0 Å². The van der Waals surface area contributed by atoms with E-state index in [1.807, 2.05) is 0 Å². The first-order chi connectivity index (χ1) is 7.95. The number of esters is 1. The van der Waals surface area contributed by atoms with E-state index in [9.17, 15) is 18.0 Å². The molecular weight excluding hydrogens is 239 g/mol. The van der Waals surface area contributed by atoms with E-state index >= 15 is 0 Å². The molecule has 0 saturated carbocycles. The van der Waals surface area contributed by atoms with Crippen LogP contribution < -0.4 is 0 Å². The van der Waals surface area contributed by atoms with Crippen molar-refractivity contribution in [2.75, 3.05) is 32.9 Å². The molecule has 0 aromatic heterocycles. The summed E-state index contributed by atoms with van der Waals surface area (Å²) in [5, 5.41) is 0. The van der Waals surface area contributed by atoms with Crippen molar-refractivity contribution in [3.8, 4) is 0 Å². The summed E-state index contributed by atoms with van der Waals surface area (Å²) in [6.07, 6.45) is -4.07. The van der Waals surface area contributed by atoms with Gasteiger partial charge in [0.1, 0.15) is 5.70 Å². The third-order valence-corrected chi connectivity index (χ3v) is 2.18. The Kier molecular flexibility index (Phi) is 4.80. The van der Waals surface area contributed by atoms with E-state index in [-0.39, 0.29) is 32.9 Å². The van der Waals surface area contributed by atoms with Gasteiger partial charge in [0.15, 0.2) is 0 Å². The van der Waals surface area contributed by atoms with Crippen LogP contribution in [0.3, 0.4) is 0 Å². The lowest BCUT2D eigenvalue weighted by molar-refractivity contribution is -0.140. The fraction of sp³-hybridized carbons (Fsp3) is 0.700. The number of hydrogen-bond acceptors (Lipinski definition) is 4. The van der Waals surface area contributed by atoms with Gasteiger partial charge in [-0.25, -0.2) is 4.79 Å². The van der Waals surface area contributed by atoms with E-state index in [1.165, 1.54) is 6.92 Å². The summed E-state index contributed by atoms with van der Waals surface area (Å²) < 4.78 is 47.7. The van der Waals surface area contributed by atoms with Gasteiger partial charge in [-0.3, -0.25) is 0 Å². The molecular formula is C10H14F3NO3. The van der Waals surface area contributed by atoms with Crippen LogP contribution in [0, 0.1) is 0 Å². The first kappa shape index (κ1) is 13.8. The Balaban J connectivity index is 2.83.